The average Bonchev–Trinajstić information content (AvgIpc) is 3.20. The molecule has 152 valence electrons. The summed E-state index contributed by atoms with van der Waals surface area (Å²) in [5.41, 5.74) is 6.05. The second kappa shape index (κ2) is 8.34. The number of anilines is 1. The molecule has 1 aromatic heterocycles. The second-order valence-electron chi connectivity index (χ2n) is 7.49. The molecular weight excluding hydrogens is 386 g/mol. The summed E-state index contributed by atoms with van der Waals surface area (Å²) in [5, 5.41) is 6.48. The molecule has 0 aliphatic carbocycles. The lowest BCUT2D eigenvalue weighted by atomic mass is 10.1. The van der Waals surface area contributed by atoms with Crippen molar-refractivity contribution in [3.63, 3.8) is 0 Å². The van der Waals surface area contributed by atoms with Crippen molar-refractivity contribution in [3.05, 3.63) is 51.7 Å². The summed E-state index contributed by atoms with van der Waals surface area (Å²) >= 11 is 1.82. The maximum atomic E-state index is 12.6. The Bertz CT molecular complexity index is 937. The summed E-state index contributed by atoms with van der Waals surface area (Å²) in [6, 6.07) is 9.95. The lowest BCUT2D eigenvalue weighted by Gasteiger charge is -2.33. The molecule has 1 atom stereocenters. The number of carbonyl (C=O) groups is 2. The van der Waals surface area contributed by atoms with Crippen LogP contribution in [0.5, 0.6) is 0 Å². The molecule has 29 heavy (non-hydrogen) atoms. The molecule has 3 heterocycles. The average molecular weight is 412 g/mol. The molecule has 4 rings (SSSR count). The SMILES string of the molecule is Cc1ccc(N2NC(C(=O)NCC(C)N3CCc4sccc4C3)=NCC2=O)cc1. The van der Waals surface area contributed by atoms with E-state index in [0.29, 0.717) is 12.2 Å². The Morgan fingerprint density at radius 3 is 2.90 bits per heavy atom. The summed E-state index contributed by atoms with van der Waals surface area (Å²) in [4.78, 5) is 32.8. The van der Waals surface area contributed by atoms with Crippen molar-refractivity contribution in [3.8, 4) is 0 Å². The predicted molar refractivity (Wildman–Crippen MR) is 115 cm³/mol. The van der Waals surface area contributed by atoms with Crippen LogP contribution < -0.4 is 15.8 Å². The van der Waals surface area contributed by atoms with Crippen molar-refractivity contribution in [2.45, 2.75) is 32.9 Å². The Morgan fingerprint density at radius 1 is 1.31 bits per heavy atom. The Morgan fingerprint density at radius 2 is 2.10 bits per heavy atom. The standard InChI is InChI=1S/C21H25N5O2S/c1-14-3-5-17(6-4-14)26-19(27)12-22-20(24-26)21(28)23-11-15(2)25-9-7-18-16(13-25)8-10-29-18/h3-6,8,10,15H,7,9,11-13H2,1-2H3,(H,22,24)(H,23,28). The molecule has 2 aliphatic rings. The van der Waals surface area contributed by atoms with Crippen LogP contribution in [0.2, 0.25) is 0 Å². The number of nitrogens with zero attached hydrogens (tertiary/aromatic N) is 3. The van der Waals surface area contributed by atoms with Crippen LogP contribution in [0.25, 0.3) is 0 Å². The molecule has 2 aromatic rings. The molecule has 0 fully saturated rings. The monoisotopic (exact) mass is 411 g/mol. The van der Waals surface area contributed by atoms with Crippen LogP contribution in [0.4, 0.5) is 5.69 Å². The zero-order valence-electron chi connectivity index (χ0n) is 16.6. The molecule has 0 saturated heterocycles. The number of hydrogen-bond acceptors (Lipinski definition) is 6. The quantitative estimate of drug-likeness (QED) is 0.788. The van der Waals surface area contributed by atoms with Crippen LogP contribution in [0.3, 0.4) is 0 Å². The topological polar surface area (TPSA) is 77.0 Å². The third kappa shape index (κ3) is 4.33. The van der Waals surface area contributed by atoms with Crippen molar-refractivity contribution in [1.29, 1.82) is 0 Å². The lowest BCUT2D eigenvalue weighted by Crippen LogP contribution is -2.56. The van der Waals surface area contributed by atoms with E-state index in [9.17, 15) is 9.59 Å². The molecule has 8 heteroatoms. The van der Waals surface area contributed by atoms with Crippen LogP contribution >= 0.6 is 11.3 Å². The molecule has 0 saturated carbocycles. The van der Waals surface area contributed by atoms with Crippen LogP contribution in [0.15, 0.2) is 40.7 Å². The molecule has 2 N–H and O–H groups in total. The smallest absolute Gasteiger partial charge is 0.288 e. The number of amidine groups is 1. The van der Waals surface area contributed by atoms with Crippen molar-refractivity contribution in [2.75, 3.05) is 24.6 Å². The van der Waals surface area contributed by atoms with Gasteiger partial charge in [-0.25, -0.2) is 5.01 Å². The van der Waals surface area contributed by atoms with E-state index in [2.05, 4.69) is 39.0 Å². The Kier molecular flexibility index (Phi) is 5.64. The number of aryl methyl sites for hydroxylation is 1. The van der Waals surface area contributed by atoms with Gasteiger partial charge in [0, 0.05) is 30.6 Å². The minimum Gasteiger partial charge on any atom is -0.348 e. The Hall–Kier alpha value is -2.71. The van der Waals surface area contributed by atoms with Gasteiger partial charge in [-0.1, -0.05) is 17.7 Å². The zero-order chi connectivity index (χ0) is 20.4. The minimum absolute atomic E-state index is 0.0494. The number of hydrazine groups is 1. The molecule has 2 aliphatic heterocycles. The fraction of sp³-hybridized carbons (Fsp3) is 0.381. The number of aliphatic imine (C=N–C) groups is 1. The van der Waals surface area contributed by atoms with Gasteiger partial charge in [-0.15, -0.1) is 11.3 Å². The molecule has 1 aromatic carbocycles. The Labute approximate surface area is 174 Å². The summed E-state index contributed by atoms with van der Waals surface area (Å²) in [7, 11) is 0. The molecule has 0 bridgehead atoms. The highest BCUT2D eigenvalue weighted by molar-refractivity contribution is 7.10. The van der Waals surface area contributed by atoms with E-state index in [1.165, 1.54) is 15.4 Å². The van der Waals surface area contributed by atoms with Gasteiger partial charge in [0.1, 0.15) is 6.54 Å². The van der Waals surface area contributed by atoms with E-state index >= 15 is 0 Å². The zero-order valence-corrected chi connectivity index (χ0v) is 17.5. The molecule has 0 spiro atoms. The maximum absolute atomic E-state index is 12.6. The molecule has 0 radical (unpaired) electrons. The Balaban J connectivity index is 1.33. The third-order valence-corrected chi connectivity index (χ3v) is 6.39. The first-order valence-corrected chi connectivity index (χ1v) is 10.7. The second-order valence-corrected chi connectivity index (χ2v) is 8.49. The lowest BCUT2D eigenvalue weighted by molar-refractivity contribution is -0.118. The number of thiophene rings is 1. The van der Waals surface area contributed by atoms with E-state index in [1.54, 1.807) is 0 Å². The molecule has 2 amide bonds. The van der Waals surface area contributed by atoms with Gasteiger partial charge in [0.15, 0.2) is 0 Å². The largest absolute Gasteiger partial charge is 0.348 e. The first kappa shape index (κ1) is 19.6. The number of amides is 2. The van der Waals surface area contributed by atoms with E-state index < -0.39 is 0 Å². The summed E-state index contributed by atoms with van der Waals surface area (Å²) in [5.74, 6) is -0.329. The van der Waals surface area contributed by atoms with Crippen molar-refractivity contribution in [2.24, 2.45) is 4.99 Å². The van der Waals surface area contributed by atoms with Gasteiger partial charge in [0.25, 0.3) is 11.8 Å². The number of fused-ring (bicyclic) bond motifs is 1. The van der Waals surface area contributed by atoms with Crippen LogP contribution in [-0.2, 0) is 22.6 Å². The maximum Gasteiger partial charge on any atom is 0.288 e. The highest BCUT2D eigenvalue weighted by Crippen LogP contribution is 2.25. The van der Waals surface area contributed by atoms with Crippen molar-refractivity contribution >= 4 is 34.7 Å². The number of hydrogen-bond donors (Lipinski definition) is 2. The van der Waals surface area contributed by atoms with Crippen LogP contribution in [-0.4, -0.2) is 48.2 Å². The van der Waals surface area contributed by atoms with Crippen molar-refractivity contribution in [1.82, 2.24) is 15.6 Å². The van der Waals surface area contributed by atoms with Gasteiger partial charge in [0.05, 0.1) is 5.69 Å². The van der Waals surface area contributed by atoms with Gasteiger partial charge in [-0.05, 0) is 49.4 Å². The summed E-state index contributed by atoms with van der Waals surface area (Å²) in [6.45, 7) is 6.50. The van der Waals surface area contributed by atoms with Gasteiger partial charge < -0.3 is 5.32 Å². The first-order chi connectivity index (χ1) is 14.0. The summed E-state index contributed by atoms with van der Waals surface area (Å²) < 4.78 is 0. The highest BCUT2D eigenvalue weighted by atomic mass is 32.1. The fourth-order valence-corrected chi connectivity index (χ4v) is 4.44. The number of rotatable bonds is 5. The highest BCUT2D eigenvalue weighted by Gasteiger charge is 2.27. The summed E-state index contributed by atoms with van der Waals surface area (Å²) in [6.07, 6.45) is 1.06. The van der Waals surface area contributed by atoms with Gasteiger partial charge in [0.2, 0.25) is 5.84 Å². The molecular formula is C21H25N5O2S. The molecule has 1 unspecified atom stereocenters. The van der Waals surface area contributed by atoms with Crippen molar-refractivity contribution < 1.29 is 9.59 Å². The predicted octanol–water partition coefficient (Wildman–Crippen LogP) is 1.87. The first-order valence-electron chi connectivity index (χ1n) is 9.79. The van der Waals surface area contributed by atoms with E-state index in [-0.39, 0.29) is 30.2 Å². The molecule has 7 nitrogen and oxygen atoms in total. The van der Waals surface area contributed by atoms with Gasteiger partial charge in [-0.2, -0.15) is 0 Å². The van der Waals surface area contributed by atoms with Crippen LogP contribution in [0.1, 0.15) is 22.9 Å². The third-order valence-electron chi connectivity index (χ3n) is 5.37. The number of nitrogens with one attached hydrogen (secondary N) is 2. The fourth-order valence-electron chi connectivity index (χ4n) is 3.55. The number of carbonyl (C=O) groups excluding carboxylic acids is 2. The van der Waals surface area contributed by atoms with Gasteiger partial charge >= 0.3 is 0 Å². The van der Waals surface area contributed by atoms with Gasteiger partial charge in [-0.3, -0.25) is 24.9 Å². The number of benzene rings is 1. The normalized spacial score (nSPS) is 17.9. The van der Waals surface area contributed by atoms with E-state index in [1.807, 2.05) is 42.5 Å². The minimum atomic E-state index is -0.297. The van der Waals surface area contributed by atoms with E-state index in [0.717, 1.165) is 25.1 Å². The van der Waals surface area contributed by atoms with E-state index in [4.69, 9.17) is 0 Å². The van der Waals surface area contributed by atoms with Crippen LogP contribution in [0, 0.1) is 6.92 Å².